The lowest BCUT2D eigenvalue weighted by atomic mass is 10.1. The molecule has 3 nitrogen and oxygen atoms in total. The van der Waals surface area contributed by atoms with Crippen LogP contribution >= 0.6 is 0 Å². The largest absolute Gasteiger partial charge is 0.491 e. The average Bonchev–Trinajstić information content (AvgIpc) is 2.50. The molecule has 0 spiro atoms. The topological polar surface area (TPSA) is 30.5 Å². The number of fused-ring (bicyclic) bond motifs is 1. The Labute approximate surface area is 120 Å². The number of methoxy groups -OCH3 is 1. The number of hydrogen-bond acceptors (Lipinski definition) is 3. The predicted molar refractivity (Wildman–Crippen MR) is 83.4 cm³/mol. The summed E-state index contributed by atoms with van der Waals surface area (Å²) in [6.07, 6.45) is 1.11. The highest BCUT2D eigenvalue weighted by Crippen LogP contribution is 2.25. The minimum absolute atomic E-state index is 0.221. The Bertz CT molecular complexity index is 522. The maximum absolute atomic E-state index is 5.99. The smallest absolute Gasteiger partial charge is 0.127 e. The first-order chi connectivity index (χ1) is 9.85. The van der Waals surface area contributed by atoms with Crippen LogP contribution in [0.4, 0.5) is 0 Å². The van der Waals surface area contributed by atoms with Gasteiger partial charge in [0.15, 0.2) is 0 Å². The fraction of sp³-hybridized carbons (Fsp3) is 0.412. The number of ether oxygens (including phenoxy) is 2. The molecule has 0 saturated carbocycles. The van der Waals surface area contributed by atoms with E-state index in [0.717, 1.165) is 24.1 Å². The first-order valence-electron chi connectivity index (χ1n) is 7.18. The van der Waals surface area contributed by atoms with Crippen molar-refractivity contribution >= 4 is 10.8 Å². The van der Waals surface area contributed by atoms with E-state index in [1.165, 1.54) is 5.39 Å². The van der Waals surface area contributed by atoms with Gasteiger partial charge in [-0.3, -0.25) is 0 Å². The zero-order valence-electron chi connectivity index (χ0n) is 12.3. The van der Waals surface area contributed by atoms with Gasteiger partial charge in [0, 0.05) is 12.5 Å². The van der Waals surface area contributed by atoms with Gasteiger partial charge >= 0.3 is 0 Å². The average molecular weight is 273 g/mol. The van der Waals surface area contributed by atoms with E-state index < -0.39 is 0 Å². The molecule has 1 N–H and O–H groups in total. The van der Waals surface area contributed by atoms with Crippen molar-refractivity contribution in [3.8, 4) is 5.75 Å². The molecule has 2 aromatic carbocycles. The van der Waals surface area contributed by atoms with E-state index in [2.05, 4.69) is 30.4 Å². The van der Waals surface area contributed by atoms with Gasteiger partial charge in [0.2, 0.25) is 0 Å². The number of benzene rings is 2. The number of nitrogens with one attached hydrogen (secondary N) is 1. The summed E-state index contributed by atoms with van der Waals surface area (Å²) >= 11 is 0. The second-order valence-electron chi connectivity index (χ2n) is 4.89. The molecule has 0 saturated heterocycles. The molecular formula is C17H23NO2. The summed E-state index contributed by atoms with van der Waals surface area (Å²) < 4.78 is 11.2. The first-order valence-corrected chi connectivity index (χ1v) is 7.18. The third-order valence-electron chi connectivity index (χ3n) is 3.24. The maximum atomic E-state index is 5.99. The molecule has 0 aliphatic carbocycles. The Morgan fingerprint density at radius 3 is 2.65 bits per heavy atom. The van der Waals surface area contributed by atoms with Gasteiger partial charge in [0.25, 0.3) is 0 Å². The summed E-state index contributed by atoms with van der Waals surface area (Å²) in [7, 11) is 1.72. The van der Waals surface area contributed by atoms with Crippen LogP contribution in [0.3, 0.4) is 0 Å². The van der Waals surface area contributed by atoms with Crippen molar-refractivity contribution in [2.24, 2.45) is 0 Å². The molecule has 0 bridgehead atoms. The second kappa shape index (κ2) is 7.88. The van der Waals surface area contributed by atoms with E-state index in [0.29, 0.717) is 13.2 Å². The van der Waals surface area contributed by atoms with Crippen LogP contribution in [0.1, 0.15) is 13.3 Å². The first kappa shape index (κ1) is 14.8. The number of rotatable bonds is 8. The van der Waals surface area contributed by atoms with E-state index in [-0.39, 0.29) is 6.04 Å². The van der Waals surface area contributed by atoms with Crippen LogP contribution in [0.2, 0.25) is 0 Å². The third kappa shape index (κ3) is 3.95. The monoisotopic (exact) mass is 273 g/mol. The van der Waals surface area contributed by atoms with E-state index in [1.54, 1.807) is 7.11 Å². The van der Waals surface area contributed by atoms with Gasteiger partial charge in [-0.1, -0.05) is 43.3 Å². The summed E-state index contributed by atoms with van der Waals surface area (Å²) in [5.41, 5.74) is 0. The Morgan fingerprint density at radius 2 is 1.85 bits per heavy atom. The van der Waals surface area contributed by atoms with Gasteiger partial charge in [0.1, 0.15) is 12.4 Å². The SMILES string of the molecule is CCCNC(COC)COc1cccc2ccccc12. The van der Waals surface area contributed by atoms with Gasteiger partial charge in [0.05, 0.1) is 12.6 Å². The van der Waals surface area contributed by atoms with E-state index in [4.69, 9.17) is 9.47 Å². The predicted octanol–water partition coefficient (Wildman–Crippen LogP) is 3.23. The summed E-state index contributed by atoms with van der Waals surface area (Å²) in [6.45, 7) is 4.40. The van der Waals surface area contributed by atoms with Gasteiger partial charge < -0.3 is 14.8 Å². The van der Waals surface area contributed by atoms with Crippen LogP contribution in [0.5, 0.6) is 5.75 Å². The fourth-order valence-electron chi connectivity index (χ4n) is 2.23. The highest BCUT2D eigenvalue weighted by Gasteiger charge is 2.09. The zero-order valence-corrected chi connectivity index (χ0v) is 12.3. The molecule has 0 amide bonds. The van der Waals surface area contributed by atoms with Crippen molar-refractivity contribution in [1.82, 2.24) is 5.32 Å². The van der Waals surface area contributed by atoms with Crippen LogP contribution in [-0.4, -0.2) is 32.9 Å². The molecule has 0 radical (unpaired) electrons. The molecule has 3 heteroatoms. The Kier molecular flexibility index (Phi) is 5.84. The lowest BCUT2D eigenvalue weighted by Crippen LogP contribution is -2.38. The van der Waals surface area contributed by atoms with Gasteiger partial charge in [-0.05, 0) is 24.4 Å². The summed E-state index contributed by atoms with van der Waals surface area (Å²) in [5.74, 6) is 0.933. The summed E-state index contributed by atoms with van der Waals surface area (Å²) in [6, 6.07) is 14.6. The highest BCUT2D eigenvalue weighted by atomic mass is 16.5. The van der Waals surface area contributed by atoms with Gasteiger partial charge in [-0.2, -0.15) is 0 Å². The molecule has 0 aromatic heterocycles. The summed E-state index contributed by atoms with van der Waals surface area (Å²) in [5, 5.41) is 5.80. The van der Waals surface area contributed by atoms with Crippen LogP contribution in [0.15, 0.2) is 42.5 Å². The lowest BCUT2D eigenvalue weighted by molar-refractivity contribution is 0.136. The minimum atomic E-state index is 0.221. The van der Waals surface area contributed by atoms with Crippen molar-refractivity contribution < 1.29 is 9.47 Å². The van der Waals surface area contributed by atoms with Gasteiger partial charge in [-0.15, -0.1) is 0 Å². The molecule has 2 aromatic rings. The molecule has 0 aliphatic rings. The molecule has 0 heterocycles. The van der Waals surface area contributed by atoms with Crippen molar-refractivity contribution in [2.75, 3.05) is 26.9 Å². The third-order valence-corrected chi connectivity index (χ3v) is 3.24. The highest BCUT2D eigenvalue weighted by molar-refractivity contribution is 5.88. The van der Waals surface area contributed by atoms with Crippen molar-refractivity contribution in [3.63, 3.8) is 0 Å². The Balaban J connectivity index is 2.03. The van der Waals surface area contributed by atoms with Gasteiger partial charge in [-0.25, -0.2) is 0 Å². The molecule has 108 valence electrons. The van der Waals surface area contributed by atoms with Crippen LogP contribution in [-0.2, 0) is 4.74 Å². The van der Waals surface area contributed by atoms with Crippen molar-refractivity contribution in [1.29, 1.82) is 0 Å². The molecule has 1 unspecified atom stereocenters. The normalized spacial score (nSPS) is 12.5. The Morgan fingerprint density at radius 1 is 1.05 bits per heavy atom. The maximum Gasteiger partial charge on any atom is 0.127 e. The fourth-order valence-corrected chi connectivity index (χ4v) is 2.23. The zero-order chi connectivity index (χ0) is 14.2. The molecular weight excluding hydrogens is 250 g/mol. The van der Waals surface area contributed by atoms with Crippen LogP contribution in [0.25, 0.3) is 10.8 Å². The van der Waals surface area contributed by atoms with Crippen LogP contribution in [0, 0.1) is 0 Å². The van der Waals surface area contributed by atoms with Crippen LogP contribution < -0.4 is 10.1 Å². The second-order valence-corrected chi connectivity index (χ2v) is 4.89. The van der Waals surface area contributed by atoms with E-state index in [1.807, 2.05) is 24.3 Å². The summed E-state index contributed by atoms with van der Waals surface area (Å²) in [4.78, 5) is 0. The molecule has 2 rings (SSSR count). The van der Waals surface area contributed by atoms with E-state index in [9.17, 15) is 0 Å². The van der Waals surface area contributed by atoms with Crippen molar-refractivity contribution in [3.05, 3.63) is 42.5 Å². The Hall–Kier alpha value is -1.58. The van der Waals surface area contributed by atoms with Crippen molar-refractivity contribution in [2.45, 2.75) is 19.4 Å². The molecule has 1 atom stereocenters. The molecule has 0 aliphatic heterocycles. The number of hydrogen-bond donors (Lipinski definition) is 1. The standard InChI is InChI=1S/C17H23NO2/c1-3-11-18-15(12-19-2)13-20-17-10-6-8-14-7-4-5-9-16(14)17/h4-10,15,18H,3,11-13H2,1-2H3. The van der Waals surface area contributed by atoms with E-state index >= 15 is 0 Å². The minimum Gasteiger partial charge on any atom is -0.491 e. The lowest BCUT2D eigenvalue weighted by Gasteiger charge is -2.19. The molecule has 0 fully saturated rings. The molecule has 20 heavy (non-hydrogen) atoms. The quantitative estimate of drug-likeness (QED) is 0.801.